The van der Waals surface area contributed by atoms with Gasteiger partial charge in [0.25, 0.3) is 0 Å². The molecule has 0 nitrogen and oxygen atoms in total. The largest absolute Gasteiger partial charge is 0.243 e. The topological polar surface area (TPSA) is 0 Å². The fourth-order valence-electron chi connectivity index (χ4n) is 0.754. The summed E-state index contributed by atoms with van der Waals surface area (Å²) in [6.07, 6.45) is -0.932. The Bertz CT molecular complexity index is 220. The Morgan fingerprint density at radius 2 is 2.20 bits per heavy atom. The van der Waals surface area contributed by atoms with Crippen molar-refractivity contribution in [2.75, 3.05) is 0 Å². The van der Waals surface area contributed by atoms with Gasteiger partial charge in [-0.15, -0.1) is 0 Å². The van der Waals surface area contributed by atoms with Crippen LogP contribution in [0.3, 0.4) is 0 Å². The molecule has 0 aliphatic heterocycles. The first-order chi connectivity index (χ1) is 4.70. The van der Waals surface area contributed by atoms with Crippen LogP contribution in [-0.2, 0) is 0 Å². The third-order valence-corrected chi connectivity index (χ3v) is 1.54. The Morgan fingerprint density at radius 3 is 2.60 bits per heavy atom. The molecule has 0 aromatic heterocycles. The first-order valence-electron chi connectivity index (χ1n) is 3.09. The minimum atomic E-state index is -0.932. The molecule has 0 heterocycles. The van der Waals surface area contributed by atoms with E-state index in [0.29, 0.717) is 10.6 Å². The van der Waals surface area contributed by atoms with Gasteiger partial charge in [-0.25, -0.2) is 4.39 Å². The van der Waals surface area contributed by atoms with Crippen molar-refractivity contribution in [3.63, 3.8) is 0 Å². The van der Waals surface area contributed by atoms with Gasteiger partial charge in [-0.3, -0.25) is 0 Å². The lowest BCUT2D eigenvalue weighted by Gasteiger charge is -2.00. The fraction of sp³-hybridized carbons (Fsp3) is 0.250. The van der Waals surface area contributed by atoms with Crippen molar-refractivity contribution in [3.8, 4) is 0 Å². The van der Waals surface area contributed by atoms with E-state index in [1.54, 1.807) is 24.3 Å². The lowest BCUT2D eigenvalue weighted by Crippen LogP contribution is -1.82. The van der Waals surface area contributed by atoms with Gasteiger partial charge in [-0.05, 0) is 24.6 Å². The van der Waals surface area contributed by atoms with E-state index in [9.17, 15) is 4.39 Å². The maximum atomic E-state index is 12.6. The molecule has 0 aliphatic rings. The lowest BCUT2D eigenvalue weighted by molar-refractivity contribution is 0.374. The van der Waals surface area contributed by atoms with Crippen molar-refractivity contribution >= 4 is 11.6 Å². The predicted molar refractivity (Wildman–Crippen MR) is 41.0 cm³/mol. The minimum Gasteiger partial charge on any atom is -0.243 e. The Balaban J connectivity index is 2.96. The molecule has 1 aromatic carbocycles. The van der Waals surface area contributed by atoms with Gasteiger partial charge >= 0.3 is 0 Å². The van der Waals surface area contributed by atoms with Crippen molar-refractivity contribution in [1.82, 2.24) is 0 Å². The standard InChI is InChI=1S/C8H8ClF/c1-6(10)7-3-2-4-8(9)5-7/h2-6H,1H3. The van der Waals surface area contributed by atoms with E-state index in [-0.39, 0.29) is 0 Å². The van der Waals surface area contributed by atoms with Crippen LogP contribution in [0.25, 0.3) is 0 Å². The molecule has 0 N–H and O–H groups in total. The van der Waals surface area contributed by atoms with Crippen molar-refractivity contribution in [2.24, 2.45) is 0 Å². The molecule has 2 heteroatoms. The Hall–Kier alpha value is -0.560. The molecule has 0 fully saturated rings. The highest BCUT2D eigenvalue weighted by molar-refractivity contribution is 6.30. The molecule has 10 heavy (non-hydrogen) atoms. The molecule has 0 saturated heterocycles. The molecule has 1 aromatic rings. The van der Waals surface area contributed by atoms with Crippen molar-refractivity contribution in [2.45, 2.75) is 13.1 Å². The average Bonchev–Trinajstić information content (AvgIpc) is 1.88. The monoisotopic (exact) mass is 158 g/mol. The number of rotatable bonds is 1. The molecule has 1 atom stereocenters. The van der Waals surface area contributed by atoms with Crippen LogP contribution in [0.2, 0.25) is 5.02 Å². The number of halogens is 2. The fourth-order valence-corrected chi connectivity index (χ4v) is 0.953. The highest BCUT2D eigenvalue weighted by Gasteiger charge is 2.00. The Kier molecular flexibility index (Phi) is 2.28. The van der Waals surface area contributed by atoms with Crippen molar-refractivity contribution in [3.05, 3.63) is 34.9 Å². The zero-order valence-corrected chi connectivity index (χ0v) is 6.40. The summed E-state index contributed by atoms with van der Waals surface area (Å²) in [4.78, 5) is 0. The van der Waals surface area contributed by atoms with E-state index in [4.69, 9.17) is 11.6 Å². The summed E-state index contributed by atoms with van der Waals surface area (Å²) in [6, 6.07) is 6.82. The van der Waals surface area contributed by atoms with Gasteiger partial charge in [0.15, 0.2) is 0 Å². The zero-order valence-electron chi connectivity index (χ0n) is 5.64. The van der Waals surface area contributed by atoms with E-state index in [2.05, 4.69) is 0 Å². The number of alkyl halides is 1. The molecule has 0 spiro atoms. The zero-order chi connectivity index (χ0) is 7.56. The van der Waals surface area contributed by atoms with Crippen LogP contribution in [0.1, 0.15) is 18.7 Å². The van der Waals surface area contributed by atoms with Gasteiger partial charge in [0.2, 0.25) is 0 Å². The van der Waals surface area contributed by atoms with Gasteiger partial charge in [0.05, 0.1) is 0 Å². The molecular formula is C8H8ClF. The lowest BCUT2D eigenvalue weighted by atomic mass is 10.1. The summed E-state index contributed by atoms with van der Waals surface area (Å²) in [5.41, 5.74) is 0.632. The average molecular weight is 159 g/mol. The maximum absolute atomic E-state index is 12.6. The first-order valence-corrected chi connectivity index (χ1v) is 3.47. The van der Waals surface area contributed by atoms with E-state index in [1.807, 2.05) is 0 Å². The van der Waals surface area contributed by atoms with Gasteiger partial charge in [0.1, 0.15) is 6.17 Å². The number of hydrogen-bond donors (Lipinski definition) is 0. The van der Waals surface area contributed by atoms with Crippen LogP contribution in [0.15, 0.2) is 24.3 Å². The van der Waals surface area contributed by atoms with Gasteiger partial charge in [-0.1, -0.05) is 23.7 Å². The summed E-state index contributed by atoms with van der Waals surface area (Å²) in [5, 5.41) is 0.585. The molecule has 0 saturated carbocycles. The summed E-state index contributed by atoms with van der Waals surface area (Å²) >= 11 is 5.62. The van der Waals surface area contributed by atoms with Crippen LogP contribution in [0, 0.1) is 0 Å². The minimum absolute atomic E-state index is 0.585. The second kappa shape index (κ2) is 3.02. The van der Waals surface area contributed by atoms with Crippen LogP contribution in [-0.4, -0.2) is 0 Å². The van der Waals surface area contributed by atoms with E-state index < -0.39 is 6.17 Å². The summed E-state index contributed by atoms with van der Waals surface area (Å²) in [7, 11) is 0. The molecule has 1 rings (SSSR count). The quantitative estimate of drug-likeness (QED) is 0.588. The molecule has 0 radical (unpaired) electrons. The number of hydrogen-bond acceptors (Lipinski definition) is 0. The van der Waals surface area contributed by atoms with Gasteiger partial charge in [0, 0.05) is 5.02 Å². The highest BCUT2D eigenvalue weighted by atomic mass is 35.5. The van der Waals surface area contributed by atoms with Crippen molar-refractivity contribution in [1.29, 1.82) is 0 Å². The Labute approximate surface area is 64.6 Å². The molecule has 0 aliphatic carbocycles. The smallest absolute Gasteiger partial charge is 0.122 e. The predicted octanol–water partition coefficient (Wildman–Crippen LogP) is 3.37. The molecular weight excluding hydrogens is 151 g/mol. The van der Waals surface area contributed by atoms with Gasteiger partial charge in [-0.2, -0.15) is 0 Å². The third kappa shape index (κ3) is 1.71. The van der Waals surface area contributed by atoms with E-state index in [1.165, 1.54) is 6.92 Å². The van der Waals surface area contributed by atoms with Gasteiger partial charge < -0.3 is 0 Å². The highest BCUT2D eigenvalue weighted by Crippen LogP contribution is 2.19. The van der Waals surface area contributed by atoms with Crippen LogP contribution >= 0.6 is 11.6 Å². The molecule has 0 amide bonds. The second-order valence-electron chi connectivity index (χ2n) is 2.17. The molecule has 54 valence electrons. The Morgan fingerprint density at radius 1 is 1.50 bits per heavy atom. The third-order valence-electron chi connectivity index (χ3n) is 1.31. The first kappa shape index (κ1) is 7.55. The molecule has 0 bridgehead atoms. The summed E-state index contributed by atoms with van der Waals surface area (Å²) in [6.45, 7) is 1.49. The van der Waals surface area contributed by atoms with Crippen molar-refractivity contribution < 1.29 is 4.39 Å². The second-order valence-corrected chi connectivity index (χ2v) is 2.61. The maximum Gasteiger partial charge on any atom is 0.122 e. The summed E-state index contributed by atoms with van der Waals surface area (Å²) in [5.74, 6) is 0. The van der Waals surface area contributed by atoms with E-state index in [0.717, 1.165) is 0 Å². The normalized spacial score (nSPS) is 13.1. The molecule has 1 unspecified atom stereocenters. The van der Waals surface area contributed by atoms with Crippen LogP contribution in [0.5, 0.6) is 0 Å². The van der Waals surface area contributed by atoms with Crippen LogP contribution in [0.4, 0.5) is 4.39 Å². The summed E-state index contributed by atoms with van der Waals surface area (Å²) < 4.78 is 12.6. The number of benzene rings is 1. The SMILES string of the molecule is CC(F)c1cccc(Cl)c1. The van der Waals surface area contributed by atoms with E-state index >= 15 is 0 Å². The van der Waals surface area contributed by atoms with Crippen LogP contribution < -0.4 is 0 Å².